The van der Waals surface area contributed by atoms with Crippen molar-refractivity contribution in [2.24, 2.45) is 18.7 Å². The maximum absolute atomic E-state index is 12.3. The van der Waals surface area contributed by atoms with E-state index in [1.54, 1.807) is 10.9 Å². The Kier molecular flexibility index (Phi) is 4.20. The molecule has 0 aliphatic heterocycles. The Hall–Kier alpha value is -2.14. The van der Waals surface area contributed by atoms with Gasteiger partial charge in [-0.3, -0.25) is 9.48 Å². The number of amides is 1. The average molecular weight is 272 g/mol. The second-order valence-corrected chi connectivity index (χ2v) is 4.98. The van der Waals surface area contributed by atoms with E-state index in [0.717, 1.165) is 16.9 Å². The molecule has 5 heteroatoms. The van der Waals surface area contributed by atoms with Gasteiger partial charge in [0.05, 0.1) is 23.5 Å². The summed E-state index contributed by atoms with van der Waals surface area (Å²) in [7, 11) is 1.84. The minimum atomic E-state index is -0.326. The number of carbonyl (C=O) groups is 1. The predicted octanol–water partition coefficient (Wildman–Crippen LogP) is 2.00. The van der Waals surface area contributed by atoms with E-state index >= 15 is 0 Å². The lowest BCUT2D eigenvalue weighted by Gasteiger charge is -2.19. The van der Waals surface area contributed by atoms with Crippen molar-refractivity contribution < 1.29 is 4.79 Å². The summed E-state index contributed by atoms with van der Waals surface area (Å²) in [6, 6.07) is 9.32. The minimum Gasteiger partial charge on any atom is -0.323 e. The highest BCUT2D eigenvalue weighted by atomic mass is 16.1. The van der Waals surface area contributed by atoms with Gasteiger partial charge in [0.2, 0.25) is 5.91 Å². The second-order valence-electron chi connectivity index (χ2n) is 4.98. The summed E-state index contributed by atoms with van der Waals surface area (Å²) in [5.74, 6) is -0.422. The third-order valence-corrected chi connectivity index (χ3v) is 3.63. The van der Waals surface area contributed by atoms with Crippen LogP contribution in [0.3, 0.4) is 0 Å². The Morgan fingerprint density at radius 1 is 1.35 bits per heavy atom. The molecule has 1 amide bonds. The van der Waals surface area contributed by atoms with Crippen molar-refractivity contribution >= 4 is 11.6 Å². The first-order chi connectivity index (χ1) is 9.50. The highest BCUT2D eigenvalue weighted by Crippen LogP contribution is 2.21. The van der Waals surface area contributed by atoms with Crippen LogP contribution in [0.1, 0.15) is 24.2 Å². The van der Waals surface area contributed by atoms with Gasteiger partial charge in [0.25, 0.3) is 0 Å². The standard InChI is InChI=1S/C15H20N4O/c1-10(14(16)12-7-5-4-6-8-12)15(20)18-13-9-17-19(3)11(13)2/h4-10,14H,16H2,1-3H3,(H,18,20). The molecule has 1 aromatic heterocycles. The van der Waals surface area contributed by atoms with Gasteiger partial charge in [-0.25, -0.2) is 0 Å². The van der Waals surface area contributed by atoms with Gasteiger partial charge in [0, 0.05) is 13.1 Å². The number of hydrogen-bond donors (Lipinski definition) is 2. The third-order valence-electron chi connectivity index (χ3n) is 3.63. The number of nitrogens with zero attached hydrogens (tertiary/aromatic N) is 2. The van der Waals surface area contributed by atoms with Crippen molar-refractivity contribution in [3.63, 3.8) is 0 Å². The van der Waals surface area contributed by atoms with E-state index in [9.17, 15) is 4.79 Å². The van der Waals surface area contributed by atoms with Crippen LogP contribution < -0.4 is 11.1 Å². The molecule has 0 saturated carbocycles. The smallest absolute Gasteiger partial charge is 0.229 e. The van der Waals surface area contributed by atoms with Crippen LogP contribution in [0.2, 0.25) is 0 Å². The zero-order valence-corrected chi connectivity index (χ0v) is 12.0. The molecule has 0 saturated heterocycles. The van der Waals surface area contributed by atoms with Crippen molar-refractivity contribution in [2.45, 2.75) is 19.9 Å². The summed E-state index contributed by atoms with van der Waals surface area (Å²) in [5.41, 5.74) is 8.75. The highest BCUT2D eigenvalue weighted by molar-refractivity contribution is 5.93. The van der Waals surface area contributed by atoms with E-state index in [2.05, 4.69) is 10.4 Å². The highest BCUT2D eigenvalue weighted by Gasteiger charge is 2.23. The molecule has 0 spiro atoms. The van der Waals surface area contributed by atoms with Crippen molar-refractivity contribution in [3.8, 4) is 0 Å². The SMILES string of the molecule is Cc1c(NC(=O)C(C)C(N)c2ccccc2)cnn1C. The zero-order chi connectivity index (χ0) is 14.7. The summed E-state index contributed by atoms with van der Waals surface area (Å²) >= 11 is 0. The number of aryl methyl sites for hydroxylation is 1. The molecule has 2 atom stereocenters. The Morgan fingerprint density at radius 2 is 2.00 bits per heavy atom. The molecular weight excluding hydrogens is 252 g/mol. The molecule has 3 N–H and O–H groups in total. The molecule has 2 unspecified atom stereocenters. The van der Waals surface area contributed by atoms with Gasteiger partial charge in [0.15, 0.2) is 0 Å². The van der Waals surface area contributed by atoms with Gasteiger partial charge in [-0.15, -0.1) is 0 Å². The van der Waals surface area contributed by atoms with E-state index < -0.39 is 0 Å². The van der Waals surface area contributed by atoms with Crippen LogP contribution in [-0.2, 0) is 11.8 Å². The number of nitrogens with two attached hydrogens (primary N) is 1. The number of carbonyl (C=O) groups excluding carboxylic acids is 1. The number of aromatic nitrogens is 2. The van der Waals surface area contributed by atoms with Crippen molar-refractivity contribution in [1.29, 1.82) is 0 Å². The third kappa shape index (κ3) is 2.88. The largest absolute Gasteiger partial charge is 0.323 e. The predicted molar refractivity (Wildman–Crippen MR) is 79.1 cm³/mol. The van der Waals surface area contributed by atoms with Crippen LogP contribution in [0.15, 0.2) is 36.5 Å². The van der Waals surface area contributed by atoms with Crippen molar-refractivity contribution in [1.82, 2.24) is 9.78 Å². The van der Waals surface area contributed by atoms with E-state index in [0.29, 0.717) is 0 Å². The van der Waals surface area contributed by atoms with Crippen LogP contribution in [0, 0.1) is 12.8 Å². The summed E-state index contributed by atoms with van der Waals surface area (Å²) in [4.78, 5) is 12.3. The van der Waals surface area contributed by atoms with Gasteiger partial charge in [0.1, 0.15) is 0 Å². The van der Waals surface area contributed by atoms with Crippen LogP contribution >= 0.6 is 0 Å². The van der Waals surface area contributed by atoms with Crippen LogP contribution in [0.5, 0.6) is 0 Å². The van der Waals surface area contributed by atoms with E-state index in [1.807, 2.05) is 51.2 Å². The van der Waals surface area contributed by atoms with Crippen LogP contribution in [0.25, 0.3) is 0 Å². The topological polar surface area (TPSA) is 72.9 Å². The van der Waals surface area contributed by atoms with Crippen molar-refractivity contribution in [3.05, 3.63) is 47.8 Å². The molecule has 20 heavy (non-hydrogen) atoms. The number of rotatable bonds is 4. The molecule has 5 nitrogen and oxygen atoms in total. The normalized spacial score (nSPS) is 13.8. The molecular formula is C15H20N4O. The number of hydrogen-bond acceptors (Lipinski definition) is 3. The molecule has 1 heterocycles. The molecule has 2 rings (SSSR count). The molecule has 0 aliphatic rings. The Labute approximate surface area is 118 Å². The molecule has 0 radical (unpaired) electrons. The summed E-state index contributed by atoms with van der Waals surface area (Å²) in [6.45, 7) is 3.74. The molecule has 1 aromatic carbocycles. The Bertz CT molecular complexity index is 591. The van der Waals surface area contributed by atoms with Gasteiger partial charge < -0.3 is 11.1 Å². The lowest BCUT2D eigenvalue weighted by Crippen LogP contribution is -2.30. The van der Waals surface area contributed by atoms with Gasteiger partial charge >= 0.3 is 0 Å². The lowest BCUT2D eigenvalue weighted by molar-refractivity contribution is -0.120. The summed E-state index contributed by atoms with van der Waals surface area (Å²) in [5, 5.41) is 6.98. The fourth-order valence-corrected chi connectivity index (χ4v) is 1.99. The van der Waals surface area contributed by atoms with E-state index in [1.165, 1.54) is 0 Å². The maximum Gasteiger partial charge on any atom is 0.229 e. The molecule has 2 aromatic rings. The monoisotopic (exact) mass is 272 g/mol. The number of benzene rings is 1. The van der Waals surface area contributed by atoms with Crippen LogP contribution in [-0.4, -0.2) is 15.7 Å². The number of anilines is 1. The Morgan fingerprint density at radius 3 is 2.55 bits per heavy atom. The zero-order valence-electron chi connectivity index (χ0n) is 12.0. The first-order valence-electron chi connectivity index (χ1n) is 6.60. The molecule has 0 fully saturated rings. The second kappa shape index (κ2) is 5.88. The van der Waals surface area contributed by atoms with Gasteiger partial charge in [-0.1, -0.05) is 37.3 Å². The summed E-state index contributed by atoms with van der Waals surface area (Å²) in [6.07, 6.45) is 1.65. The van der Waals surface area contributed by atoms with Crippen LogP contribution in [0.4, 0.5) is 5.69 Å². The maximum atomic E-state index is 12.3. The lowest BCUT2D eigenvalue weighted by atomic mass is 9.94. The minimum absolute atomic E-state index is 0.0996. The molecule has 106 valence electrons. The van der Waals surface area contributed by atoms with E-state index in [-0.39, 0.29) is 17.9 Å². The Balaban J connectivity index is 2.07. The van der Waals surface area contributed by atoms with Gasteiger partial charge in [-0.2, -0.15) is 5.10 Å². The van der Waals surface area contributed by atoms with Gasteiger partial charge in [-0.05, 0) is 12.5 Å². The first kappa shape index (κ1) is 14.3. The first-order valence-corrected chi connectivity index (χ1v) is 6.60. The summed E-state index contributed by atoms with van der Waals surface area (Å²) < 4.78 is 1.72. The van der Waals surface area contributed by atoms with Crippen molar-refractivity contribution in [2.75, 3.05) is 5.32 Å². The quantitative estimate of drug-likeness (QED) is 0.894. The van der Waals surface area contributed by atoms with E-state index in [4.69, 9.17) is 5.73 Å². The number of nitrogens with one attached hydrogen (secondary N) is 1. The fraction of sp³-hybridized carbons (Fsp3) is 0.333. The average Bonchev–Trinajstić information content (AvgIpc) is 2.78. The fourth-order valence-electron chi connectivity index (χ4n) is 1.99. The molecule has 0 bridgehead atoms. The molecule has 0 aliphatic carbocycles.